The van der Waals surface area contributed by atoms with Crippen molar-refractivity contribution in [3.8, 4) is 0 Å². The molecular formula is C8H19Cl2N. The van der Waals surface area contributed by atoms with E-state index >= 15 is 0 Å². The van der Waals surface area contributed by atoms with Crippen molar-refractivity contribution in [3.05, 3.63) is 0 Å². The molecule has 70 valence electrons. The van der Waals surface area contributed by atoms with Gasteiger partial charge in [-0.3, -0.25) is 0 Å². The van der Waals surface area contributed by atoms with E-state index in [0.29, 0.717) is 10.0 Å². The second-order valence-corrected chi connectivity index (χ2v) is 3.49. The minimum absolute atomic E-state index is 0. The molecule has 0 aromatic rings. The Morgan fingerprint density at radius 3 is 1.64 bits per heavy atom. The summed E-state index contributed by atoms with van der Waals surface area (Å²) in [7, 11) is 0. The molecule has 0 radical (unpaired) electrons. The smallest absolute Gasteiger partial charge is 0.165 e. The van der Waals surface area contributed by atoms with Gasteiger partial charge in [-0.25, -0.2) is 4.00 Å². The van der Waals surface area contributed by atoms with E-state index in [-0.39, 0.29) is 12.4 Å². The van der Waals surface area contributed by atoms with Crippen LogP contribution in [0.15, 0.2) is 0 Å². The van der Waals surface area contributed by atoms with Crippen LogP contribution in [-0.4, -0.2) is 23.1 Å². The minimum Gasteiger partial charge on any atom is -1.00 e. The summed E-state index contributed by atoms with van der Waals surface area (Å²) in [6.07, 6.45) is 1.16. The molecule has 0 spiro atoms. The number of quaternary nitrogens is 1. The highest BCUT2D eigenvalue weighted by Crippen LogP contribution is 2.19. The third kappa shape index (κ3) is 3.64. The van der Waals surface area contributed by atoms with Gasteiger partial charge in [0.1, 0.15) is 6.04 Å². The maximum absolute atomic E-state index is 6.30. The molecule has 0 N–H and O–H groups in total. The predicted octanol–water partition coefficient (Wildman–Crippen LogP) is -0.201. The Morgan fingerprint density at radius 2 is 1.55 bits per heavy atom. The van der Waals surface area contributed by atoms with E-state index in [1.165, 1.54) is 0 Å². The van der Waals surface area contributed by atoms with Crippen LogP contribution in [0.2, 0.25) is 0 Å². The molecule has 0 aliphatic heterocycles. The summed E-state index contributed by atoms with van der Waals surface area (Å²) in [4.78, 5) is 0. The van der Waals surface area contributed by atoms with E-state index in [1.807, 2.05) is 0 Å². The molecule has 0 saturated carbocycles. The third-order valence-electron chi connectivity index (χ3n) is 2.43. The van der Waals surface area contributed by atoms with E-state index in [0.717, 1.165) is 19.5 Å². The minimum atomic E-state index is 0. The highest BCUT2D eigenvalue weighted by atomic mass is 35.5. The van der Waals surface area contributed by atoms with Crippen molar-refractivity contribution in [2.24, 2.45) is 0 Å². The summed E-state index contributed by atoms with van der Waals surface area (Å²) >= 11 is 6.30. The second kappa shape index (κ2) is 6.10. The van der Waals surface area contributed by atoms with Crippen molar-refractivity contribution < 1.29 is 16.4 Å². The summed E-state index contributed by atoms with van der Waals surface area (Å²) in [5.41, 5.74) is 0. The third-order valence-corrected chi connectivity index (χ3v) is 3.24. The van der Waals surface area contributed by atoms with Gasteiger partial charge in [0.2, 0.25) is 0 Å². The first-order valence-electron chi connectivity index (χ1n) is 4.17. The van der Waals surface area contributed by atoms with Gasteiger partial charge in [-0.05, 0) is 27.2 Å². The Kier molecular flexibility index (Phi) is 7.81. The fourth-order valence-electron chi connectivity index (χ4n) is 1.17. The summed E-state index contributed by atoms with van der Waals surface area (Å²) in [6.45, 7) is 10.7. The lowest BCUT2D eigenvalue weighted by Gasteiger charge is -2.32. The summed E-state index contributed by atoms with van der Waals surface area (Å²) < 4.78 is 0.691. The van der Waals surface area contributed by atoms with E-state index in [1.54, 1.807) is 0 Å². The zero-order chi connectivity index (χ0) is 8.20. The van der Waals surface area contributed by atoms with E-state index in [2.05, 4.69) is 27.7 Å². The monoisotopic (exact) mass is 199 g/mol. The molecule has 0 aromatic carbocycles. The van der Waals surface area contributed by atoms with Crippen LogP contribution in [0.3, 0.4) is 0 Å². The SMILES string of the molecule is CCC(C)[N+](Cl)(CC)CC.[Cl-]. The van der Waals surface area contributed by atoms with Crippen LogP contribution < -0.4 is 12.4 Å². The van der Waals surface area contributed by atoms with Gasteiger partial charge in [0, 0.05) is 0 Å². The first-order chi connectivity index (χ1) is 4.60. The zero-order valence-corrected chi connectivity index (χ0v) is 9.41. The summed E-state index contributed by atoms with van der Waals surface area (Å²) in [5.74, 6) is 0. The molecule has 0 fully saturated rings. The van der Waals surface area contributed by atoms with Gasteiger partial charge in [0.15, 0.2) is 11.8 Å². The predicted molar refractivity (Wildman–Crippen MR) is 46.9 cm³/mol. The summed E-state index contributed by atoms with van der Waals surface area (Å²) in [5, 5.41) is 0. The number of halogens is 2. The van der Waals surface area contributed by atoms with Gasteiger partial charge in [0.25, 0.3) is 0 Å². The van der Waals surface area contributed by atoms with Crippen molar-refractivity contribution in [2.75, 3.05) is 13.1 Å². The van der Waals surface area contributed by atoms with E-state index in [9.17, 15) is 0 Å². The van der Waals surface area contributed by atoms with Crippen LogP contribution in [-0.2, 0) is 0 Å². The Morgan fingerprint density at radius 1 is 1.18 bits per heavy atom. The van der Waals surface area contributed by atoms with Gasteiger partial charge >= 0.3 is 0 Å². The molecule has 0 rings (SSSR count). The van der Waals surface area contributed by atoms with Gasteiger partial charge in [-0.15, -0.1) is 0 Å². The van der Waals surface area contributed by atoms with E-state index in [4.69, 9.17) is 11.8 Å². The second-order valence-electron chi connectivity index (χ2n) is 2.82. The first kappa shape index (κ1) is 14.1. The maximum Gasteiger partial charge on any atom is 0.165 e. The van der Waals surface area contributed by atoms with Gasteiger partial charge in [-0.1, -0.05) is 6.92 Å². The lowest BCUT2D eigenvalue weighted by atomic mass is 10.2. The van der Waals surface area contributed by atoms with Crippen LogP contribution in [0.4, 0.5) is 0 Å². The van der Waals surface area contributed by atoms with Gasteiger partial charge < -0.3 is 12.4 Å². The Hall–Kier alpha value is 0.540. The molecule has 3 heteroatoms. The van der Waals surface area contributed by atoms with Crippen molar-refractivity contribution in [3.63, 3.8) is 0 Å². The van der Waals surface area contributed by atoms with Crippen LogP contribution >= 0.6 is 11.8 Å². The average molecular weight is 200 g/mol. The Bertz CT molecular complexity index is 92.1. The lowest BCUT2D eigenvalue weighted by molar-refractivity contribution is -0.836. The van der Waals surface area contributed by atoms with Crippen molar-refractivity contribution in [1.82, 2.24) is 0 Å². The van der Waals surface area contributed by atoms with E-state index < -0.39 is 0 Å². The molecule has 11 heavy (non-hydrogen) atoms. The highest BCUT2D eigenvalue weighted by Gasteiger charge is 2.27. The van der Waals surface area contributed by atoms with Crippen molar-refractivity contribution in [2.45, 2.75) is 40.2 Å². The maximum atomic E-state index is 6.30. The normalized spacial score (nSPS) is 13.9. The molecule has 0 amide bonds. The molecule has 0 saturated heterocycles. The number of hydrogen-bond acceptors (Lipinski definition) is 0. The first-order valence-corrected chi connectivity index (χ1v) is 4.50. The molecular weight excluding hydrogens is 181 g/mol. The number of rotatable bonds is 4. The highest BCUT2D eigenvalue weighted by molar-refractivity contribution is 6.06. The molecule has 1 atom stereocenters. The fourth-order valence-corrected chi connectivity index (χ4v) is 1.31. The Balaban J connectivity index is 0. The molecule has 0 aliphatic carbocycles. The standard InChI is InChI=1S/C8H19ClN.ClH/c1-5-8(4)10(9,6-2)7-3;/h8H,5-7H2,1-4H3;1H/q+1;/p-1. The Labute approximate surface area is 81.8 Å². The van der Waals surface area contributed by atoms with Gasteiger partial charge in [-0.2, -0.15) is 0 Å². The average Bonchev–Trinajstić information content (AvgIpc) is 2.01. The van der Waals surface area contributed by atoms with Crippen molar-refractivity contribution >= 4 is 11.8 Å². The molecule has 0 bridgehead atoms. The van der Waals surface area contributed by atoms with Crippen LogP contribution in [0, 0.1) is 0 Å². The largest absolute Gasteiger partial charge is 1.00 e. The summed E-state index contributed by atoms with van der Waals surface area (Å²) in [6, 6.07) is 0.580. The van der Waals surface area contributed by atoms with Gasteiger partial charge in [0.05, 0.1) is 13.1 Å². The molecule has 1 nitrogen and oxygen atoms in total. The molecule has 0 aromatic heterocycles. The number of nitrogens with zero attached hydrogens (tertiary/aromatic N) is 1. The fraction of sp³-hybridized carbons (Fsp3) is 1.00. The van der Waals surface area contributed by atoms with Crippen LogP contribution in [0.25, 0.3) is 0 Å². The molecule has 0 aliphatic rings. The lowest BCUT2D eigenvalue weighted by Crippen LogP contribution is -3.00. The van der Waals surface area contributed by atoms with Crippen LogP contribution in [0.1, 0.15) is 34.1 Å². The quantitative estimate of drug-likeness (QED) is 0.551. The zero-order valence-electron chi connectivity index (χ0n) is 7.90. The topological polar surface area (TPSA) is 0 Å². The van der Waals surface area contributed by atoms with Crippen LogP contribution in [0.5, 0.6) is 0 Å². The molecule has 0 heterocycles. The molecule has 1 unspecified atom stereocenters. The number of hydrogen-bond donors (Lipinski definition) is 0. The van der Waals surface area contributed by atoms with Crippen molar-refractivity contribution in [1.29, 1.82) is 0 Å².